The first-order valence-corrected chi connectivity index (χ1v) is 12.0. The number of fused-ring (bicyclic) bond motifs is 1. The van der Waals surface area contributed by atoms with Crippen LogP contribution in [-0.2, 0) is 27.7 Å². The van der Waals surface area contributed by atoms with Gasteiger partial charge >= 0.3 is 0 Å². The number of thioether (sulfide) groups is 1. The van der Waals surface area contributed by atoms with Crippen LogP contribution in [0.15, 0.2) is 52.3 Å². The number of benzene rings is 2. The lowest BCUT2D eigenvalue weighted by molar-refractivity contribution is -0.113. The highest BCUT2D eigenvalue weighted by atomic mass is 32.2. The Morgan fingerprint density at radius 3 is 2.39 bits per heavy atom. The summed E-state index contributed by atoms with van der Waals surface area (Å²) in [7, 11) is -3.48. The molecule has 0 saturated carbocycles. The Kier molecular flexibility index (Phi) is 6.80. The molecule has 0 radical (unpaired) electrons. The summed E-state index contributed by atoms with van der Waals surface area (Å²) < 4.78 is 26.4. The Morgan fingerprint density at radius 1 is 1.04 bits per heavy atom. The van der Waals surface area contributed by atoms with Gasteiger partial charge in [-0.1, -0.05) is 19.9 Å². The number of anilines is 1. The van der Waals surface area contributed by atoms with Gasteiger partial charge in [0.1, 0.15) is 0 Å². The van der Waals surface area contributed by atoms with Crippen molar-refractivity contribution in [3.63, 3.8) is 0 Å². The largest absolute Gasteiger partial charge is 0.325 e. The molecule has 7 heteroatoms. The Bertz CT molecular complexity index is 937. The van der Waals surface area contributed by atoms with E-state index >= 15 is 0 Å². The minimum atomic E-state index is -3.48. The number of aryl methyl sites for hydroxylation is 2. The van der Waals surface area contributed by atoms with Gasteiger partial charge in [-0.05, 0) is 66.8 Å². The monoisotopic (exact) mass is 418 g/mol. The topological polar surface area (TPSA) is 66.5 Å². The molecule has 0 atom stereocenters. The van der Waals surface area contributed by atoms with Crippen molar-refractivity contribution in [2.75, 3.05) is 24.2 Å². The van der Waals surface area contributed by atoms with E-state index in [1.54, 1.807) is 12.1 Å². The summed E-state index contributed by atoms with van der Waals surface area (Å²) >= 11 is 1.52. The van der Waals surface area contributed by atoms with Crippen LogP contribution in [0, 0.1) is 0 Å². The predicted molar refractivity (Wildman–Crippen MR) is 114 cm³/mol. The lowest BCUT2D eigenvalue weighted by atomic mass is 10.1. The molecule has 28 heavy (non-hydrogen) atoms. The highest BCUT2D eigenvalue weighted by Gasteiger charge is 2.21. The van der Waals surface area contributed by atoms with E-state index in [2.05, 4.69) is 23.5 Å². The van der Waals surface area contributed by atoms with Crippen LogP contribution in [0.25, 0.3) is 0 Å². The van der Waals surface area contributed by atoms with Crippen LogP contribution < -0.4 is 5.32 Å². The molecule has 1 aliphatic carbocycles. The molecule has 150 valence electrons. The van der Waals surface area contributed by atoms with Crippen LogP contribution in [-0.4, -0.2) is 37.5 Å². The maximum Gasteiger partial charge on any atom is 0.243 e. The summed E-state index contributed by atoms with van der Waals surface area (Å²) in [5.41, 5.74) is 3.42. The molecule has 0 unspecified atom stereocenters. The van der Waals surface area contributed by atoms with Gasteiger partial charge < -0.3 is 5.32 Å². The van der Waals surface area contributed by atoms with Gasteiger partial charge in [-0.15, -0.1) is 11.8 Å². The van der Waals surface area contributed by atoms with E-state index in [0.717, 1.165) is 17.7 Å². The fourth-order valence-electron chi connectivity index (χ4n) is 3.41. The minimum absolute atomic E-state index is 0.107. The van der Waals surface area contributed by atoms with E-state index in [-0.39, 0.29) is 10.8 Å². The third-order valence-corrected chi connectivity index (χ3v) is 7.98. The molecular formula is C21H26N2O3S2. The lowest BCUT2D eigenvalue weighted by Gasteiger charge is -2.18. The predicted octanol–water partition coefficient (Wildman–Crippen LogP) is 3.94. The first kappa shape index (κ1) is 20.9. The maximum atomic E-state index is 12.5. The number of nitrogens with one attached hydrogen (secondary N) is 1. The fourth-order valence-corrected chi connectivity index (χ4v) is 5.62. The SMILES string of the molecule is CCN(CC)S(=O)(=O)c1ccc(NC(=O)CSc2ccc3c(c2)CCC3)cc1. The summed E-state index contributed by atoms with van der Waals surface area (Å²) in [5.74, 6) is 0.211. The average molecular weight is 419 g/mol. The van der Waals surface area contributed by atoms with Crippen LogP contribution in [0.5, 0.6) is 0 Å². The smallest absolute Gasteiger partial charge is 0.243 e. The van der Waals surface area contributed by atoms with Gasteiger partial charge in [0.25, 0.3) is 0 Å². The highest BCUT2D eigenvalue weighted by Crippen LogP contribution is 2.27. The molecule has 0 saturated heterocycles. The van der Waals surface area contributed by atoms with Crippen molar-refractivity contribution in [2.24, 2.45) is 0 Å². The van der Waals surface area contributed by atoms with Gasteiger partial charge in [-0.25, -0.2) is 8.42 Å². The van der Waals surface area contributed by atoms with Crippen LogP contribution >= 0.6 is 11.8 Å². The fraction of sp³-hybridized carbons (Fsp3) is 0.381. The minimum Gasteiger partial charge on any atom is -0.325 e. The number of nitrogens with zero attached hydrogens (tertiary/aromatic N) is 1. The van der Waals surface area contributed by atoms with Crippen molar-refractivity contribution in [3.8, 4) is 0 Å². The molecule has 1 amide bonds. The standard InChI is InChI=1S/C21H26N2O3S2/c1-3-23(4-2)28(25,26)20-12-9-18(10-13-20)22-21(24)15-27-19-11-8-16-6-5-7-17(16)14-19/h8-14H,3-7,15H2,1-2H3,(H,22,24). The molecule has 1 N–H and O–H groups in total. The van der Waals surface area contributed by atoms with Crippen LogP contribution in [0.2, 0.25) is 0 Å². The Balaban J connectivity index is 1.57. The molecule has 0 heterocycles. The zero-order valence-electron chi connectivity index (χ0n) is 16.3. The summed E-state index contributed by atoms with van der Waals surface area (Å²) in [5, 5.41) is 2.83. The number of hydrogen-bond acceptors (Lipinski definition) is 4. The molecule has 2 aromatic carbocycles. The number of sulfonamides is 1. The Labute approximate surface area is 171 Å². The lowest BCUT2D eigenvalue weighted by Crippen LogP contribution is -2.30. The summed E-state index contributed by atoms with van der Waals surface area (Å²) in [6.45, 7) is 4.48. The van der Waals surface area contributed by atoms with Crippen molar-refractivity contribution in [3.05, 3.63) is 53.6 Å². The van der Waals surface area contributed by atoms with Gasteiger partial charge in [0.05, 0.1) is 10.6 Å². The average Bonchev–Trinajstić information content (AvgIpc) is 3.15. The van der Waals surface area contributed by atoms with Crippen molar-refractivity contribution in [2.45, 2.75) is 42.9 Å². The Hall–Kier alpha value is -1.83. The molecule has 0 bridgehead atoms. The molecule has 0 spiro atoms. The zero-order valence-corrected chi connectivity index (χ0v) is 17.9. The second kappa shape index (κ2) is 9.11. The van der Waals surface area contributed by atoms with Crippen molar-refractivity contribution >= 4 is 33.4 Å². The van der Waals surface area contributed by atoms with E-state index in [9.17, 15) is 13.2 Å². The molecule has 2 aromatic rings. The number of carbonyl (C=O) groups is 1. The number of amides is 1. The molecule has 0 aliphatic heterocycles. The molecule has 5 nitrogen and oxygen atoms in total. The van der Waals surface area contributed by atoms with Crippen molar-refractivity contribution in [1.82, 2.24) is 4.31 Å². The molecular weight excluding hydrogens is 392 g/mol. The first-order valence-electron chi connectivity index (χ1n) is 9.58. The third kappa shape index (κ3) is 4.77. The quantitative estimate of drug-likeness (QED) is 0.660. The second-order valence-electron chi connectivity index (χ2n) is 6.73. The van der Waals surface area contributed by atoms with Gasteiger partial charge in [-0.3, -0.25) is 4.79 Å². The van der Waals surface area contributed by atoms with E-state index in [1.807, 2.05) is 13.8 Å². The van der Waals surface area contributed by atoms with E-state index in [4.69, 9.17) is 0 Å². The number of carbonyl (C=O) groups excluding carboxylic acids is 1. The highest BCUT2D eigenvalue weighted by molar-refractivity contribution is 8.00. The normalized spacial score (nSPS) is 13.5. The maximum absolute atomic E-state index is 12.5. The Morgan fingerprint density at radius 2 is 1.71 bits per heavy atom. The van der Waals surface area contributed by atoms with E-state index < -0.39 is 10.0 Å². The van der Waals surface area contributed by atoms with Gasteiger partial charge in [0, 0.05) is 23.7 Å². The van der Waals surface area contributed by atoms with Crippen LogP contribution in [0.3, 0.4) is 0 Å². The summed E-state index contributed by atoms with van der Waals surface area (Å²) in [6.07, 6.45) is 3.49. The molecule has 3 rings (SSSR count). The van der Waals surface area contributed by atoms with Gasteiger partial charge in [-0.2, -0.15) is 4.31 Å². The van der Waals surface area contributed by atoms with E-state index in [0.29, 0.717) is 24.5 Å². The molecule has 0 fully saturated rings. The van der Waals surface area contributed by atoms with Gasteiger partial charge in [0.15, 0.2) is 0 Å². The number of rotatable bonds is 8. The number of hydrogen-bond donors (Lipinski definition) is 1. The molecule has 1 aliphatic rings. The van der Waals surface area contributed by atoms with E-state index in [1.165, 1.54) is 45.7 Å². The summed E-state index contributed by atoms with van der Waals surface area (Å²) in [6, 6.07) is 12.8. The summed E-state index contributed by atoms with van der Waals surface area (Å²) in [4.78, 5) is 13.6. The van der Waals surface area contributed by atoms with Crippen molar-refractivity contribution < 1.29 is 13.2 Å². The van der Waals surface area contributed by atoms with Crippen molar-refractivity contribution in [1.29, 1.82) is 0 Å². The van der Waals surface area contributed by atoms with Gasteiger partial charge in [0.2, 0.25) is 15.9 Å². The van der Waals surface area contributed by atoms with Crippen LogP contribution in [0.4, 0.5) is 5.69 Å². The van der Waals surface area contributed by atoms with Crippen LogP contribution in [0.1, 0.15) is 31.4 Å². The molecule has 0 aromatic heterocycles. The second-order valence-corrected chi connectivity index (χ2v) is 9.72. The zero-order chi connectivity index (χ0) is 20.1. The first-order chi connectivity index (χ1) is 13.4. The third-order valence-electron chi connectivity index (χ3n) is 4.92.